The molecule has 2 rings (SSSR count). The average Bonchev–Trinajstić information content (AvgIpc) is 2.59. The Balaban J connectivity index is 1.75. The molecule has 0 heterocycles. The fourth-order valence-electron chi connectivity index (χ4n) is 2.27. The van der Waals surface area contributed by atoms with Gasteiger partial charge in [-0.05, 0) is 61.2 Å². The van der Waals surface area contributed by atoms with Gasteiger partial charge >= 0.3 is 0 Å². The van der Waals surface area contributed by atoms with Crippen LogP contribution in [-0.4, -0.2) is 17.7 Å². The molecular weight excluding hydrogens is 345 g/mol. The second-order valence-electron chi connectivity index (χ2n) is 5.49. The number of halogens is 2. The van der Waals surface area contributed by atoms with Crippen molar-refractivity contribution >= 4 is 29.3 Å². The number of carbonyl (C=O) groups excluding carboxylic acids is 1. The number of aryl methyl sites for hydroxylation is 1. The van der Waals surface area contributed by atoms with Crippen molar-refractivity contribution in [3.05, 3.63) is 64.9 Å². The predicted molar refractivity (Wildman–Crippen MR) is 99.1 cm³/mol. The van der Waals surface area contributed by atoms with Gasteiger partial charge in [0.05, 0.1) is 5.25 Å². The van der Waals surface area contributed by atoms with Gasteiger partial charge in [-0.25, -0.2) is 4.39 Å². The van der Waals surface area contributed by atoms with Crippen LogP contribution in [0.25, 0.3) is 0 Å². The molecule has 128 valence electrons. The third-order valence-electron chi connectivity index (χ3n) is 3.61. The summed E-state index contributed by atoms with van der Waals surface area (Å²) in [5.41, 5.74) is 1.08. The second-order valence-corrected chi connectivity index (χ2v) is 7.20. The van der Waals surface area contributed by atoms with Gasteiger partial charge < -0.3 is 5.32 Å². The van der Waals surface area contributed by atoms with Crippen LogP contribution in [0, 0.1) is 5.82 Å². The summed E-state index contributed by atoms with van der Waals surface area (Å²) in [4.78, 5) is 13.3. The highest BCUT2D eigenvalue weighted by molar-refractivity contribution is 8.00. The number of nitrogens with one attached hydrogen (secondary N) is 1. The minimum absolute atomic E-state index is 0.0524. The summed E-state index contributed by atoms with van der Waals surface area (Å²) in [6.45, 7) is 2.62. The van der Waals surface area contributed by atoms with Gasteiger partial charge in [-0.1, -0.05) is 30.7 Å². The first-order valence-electron chi connectivity index (χ1n) is 8.03. The van der Waals surface area contributed by atoms with Crippen LogP contribution in [-0.2, 0) is 11.2 Å². The first kappa shape index (κ1) is 18.8. The van der Waals surface area contributed by atoms with Gasteiger partial charge in [-0.2, -0.15) is 0 Å². The van der Waals surface area contributed by atoms with E-state index in [1.165, 1.54) is 12.1 Å². The van der Waals surface area contributed by atoms with Crippen molar-refractivity contribution in [2.75, 3.05) is 6.54 Å². The number of carbonyl (C=O) groups is 1. The molecule has 0 saturated carbocycles. The molecule has 2 aromatic rings. The molecule has 0 radical (unpaired) electrons. The molecule has 0 saturated heterocycles. The summed E-state index contributed by atoms with van der Waals surface area (Å²) >= 11 is 7.43. The molecule has 2 nitrogen and oxygen atoms in total. The van der Waals surface area contributed by atoms with Crippen LogP contribution < -0.4 is 5.32 Å². The van der Waals surface area contributed by atoms with Gasteiger partial charge in [0, 0.05) is 16.5 Å². The van der Waals surface area contributed by atoms with E-state index in [2.05, 4.69) is 5.32 Å². The molecule has 1 unspecified atom stereocenters. The predicted octanol–water partition coefficient (Wildman–Crippen LogP) is 5.10. The van der Waals surface area contributed by atoms with E-state index in [0.29, 0.717) is 11.6 Å². The molecule has 0 aromatic heterocycles. The number of benzene rings is 2. The SMILES string of the molecule is CCC(Sc1ccc(Cl)cc1)C(=O)NCCCc1ccc(F)cc1. The van der Waals surface area contributed by atoms with Gasteiger partial charge in [0.15, 0.2) is 0 Å². The van der Waals surface area contributed by atoms with Crippen molar-refractivity contribution < 1.29 is 9.18 Å². The molecular formula is C19H21ClFNOS. The standard InChI is InChI=1S/C19H21ClFNOS/c1-2-18(24-17-11-7-15(20)8-12-17)19(23)22-13-3-4-14-5-9-16(21)10-6-14/h5-12,18H,2-4,13H2,1H3,(H,22,23). The molecule has 2 aromatic carbocycles. The smallest absolute Gasteiger partial charge is 0.233 e. The molecule has 1 atom stereocenters. The van der Waals surface area contributed by atoms with Crippen LogP contribution in [0.1, 0.15) is 25.3 Å². The Labute approximate surface area is 151 Å². The van der Waals surface area contributed by atoms with Crippen LogP contribution in [0.4, 0.5) is 4.39 Å². The monoisotopic (exact) mass is 365 g/mol. The Bertz CT molecular complexity index is 645. The van der Waals surface area contributed by atoms with Crippen molar-refractivity contribution in [1.29, 1.82) is 0 Å². The number of amides is 1. The third kappa shape index (κ3) is 6.17. The molecule has 0 aliphatic carbocycles. The molecule has 0 spiro atoms. The van der Waals surface area contributed by atoms with Crippen LogP contribution in [0.2, 0.25) is 5.02 Å². The average molecular weight is 366 g/mol. The Morgan fingerprint density at radius 2 is 1.83 bits per heavy atom. The number of rotatable bonds is 8. The summed E-state index contributed by atoms with van der Waals surface area (Å²) in [6.07, 6.45) is 2.41. The van der Waals surface area contributed by atoms with Crippen LogP contribution in [0.15, 0.2) is 53.4 Å². The van der Waals surface area contributed by atoms with Crippen LogP contribution in [0.3, 0.4) is 0 Å². The zero-order chi connectivity index (χ0) is 17.4. The molecule has 0 aliphatic rings. The largest absolute Gasteiger partial charge is 0.355 e. The van der Waals surface area contributed by atoms with E-state index < -0.39 is 0 Å². The van der Waals surface area contributed by atoms with Crippen molar-refractivity contribution in [2.24, 2.45) is 0 Å². The van der Waals surface area contributed by atoms with Gasteiger partial charge in [-0.15, -0.1) is 11.8 Å². The van der Waals surface area contributed by atoms with E-state index in [1.54, 1.807) is 23.9 Å². The Kier molecular flexibility index (Phi) is 7.60. The van der Waals surface area contributed by atoms with Crippen LogP contribution in [0.5, 0.6) is 0 Å². The highest BCUT2D eigenvalue weighted by atomic mass is 35.5. The van der Waals surface area contributed by atoms with Crippen molar-refractivity contribution in [3.8, 4) is 0 Å². The van der Waals surface area contributed by atoms with Crippen molar-refractivity contribution in [1.82, 2.24) is 5.32 Å². The van der Waals surface area contributed by atoms with Gasteiger partial charge in [0.25, 0.3) is 0 Å². The zero-order valence-electron chi connectivity index (χ0n) is 13.6. The maximum Gasteiger partial charge on any atom is 0.233 e. The quantitative estimate of drug-likeness (QED) is 0.521. The maximum atomic E-state index is 12.8. The minimum Gasteiger partial charge on any atom is -0.355 e. The van der Waals surface area contributed by atoms with E-state index in [1.807, 2.05) is 31.2 Å². The van der Waals surface area contributed by atoms with E-state index >= 15 is 0 Å². The fourth-order valence-corrected chi connectivity index (χ4v) is 3.37. The van der Waals surface area contributed by atoms with Gasteiger partial charge in [0.1, 0.15) is 5.82 Å². The van der Waals surface area contributed by atoms with Gasteiger partial charge in [0.2, 0.25) is 5.91 Å². The van der Waals surface area contributed by atoms with E-state index in [9.17, 15) is 9.18 Å². The molecule has 5 heteroatoms. The summed E-state index contributed by atoms with van der Waals surface area (Å²) < 4.78 is 12.8. The molecule has 1 N–H and O–H groups in total. The van der Waals surface area contributed by atoms with Crippen molar-refractivity contribution in [3.63, 3.8) is 0 Å². The lowest BCUT2D eigenvalue weighted by Crippen LogP contribution is -2.33. The normalized spacial score (nSPS) is 12.0. The lowest BCUT2D eigenvalue weighted by atomic mass is 10.1. The molecule has 0 bridgehead atoms. The fraction of sp³-hybridized carbons (Fsp3) is 0.316. The van der Waals surface area contributed by atoms with E-state index in [4.69, 9.17) is 11.6 Å². The summed E-state index contributed by atoms with van der Waals surface area (Å²) in [6, 6.07) is 14.0. The number of thioether (sulfide) groups is 1. The van der Waals surface area contributed by atoms with Gasteiger partial charge in [-0.3, -0.25) is 4.79 Å². The minimum atomic E-state index is -0.225. The van der Waals surface area contributed by atoms with Crippen LogP contribution >= 0.6 is 23.4 Å². The van der Waals surface area contributed by atoms with Crippen molar-refractivity contribution in [2.45, 2.75) is 36.3 Å². The number of hydrogen-bond donors (Lipinski definition) is 1. The molecule has 24 heavy (non-hydrogen) atoms. The lowest BCUT2D eigenvalue weighted by Gasteiger charge is -2.14. The Morgan fingerprint density at radius 3 is 2.46 bits per heavy atom. The summed E-state index contributed by atoms with van der Waals surface area (Å²) in [7, 11) is 0. The highest BCUT2D eigenvalue weighted by Gasteiger charge is 2.17. The van der Waals surface area contributed by atoms with E-state index in [-0.39, 0.29) is 17.0 Å². The third-order valence-corrected chi connectivity index (χ3v) is 5.24. The molecule has 0 aliphatic heterocycles. The Hall–Kier alpha value is -1.52. The molecule has 0 fully saturated rings. The summed E-state index contributed by atoms with van der Waals surface area (Å²) in [5, 5.41) is 3.57. The summed E-state index contributed by atoms with van der Waals surface area (Å²) in [5.74, 6) is -0.173. The first-order valence-corrected chi connectivity index (χ1v) is 9.28. The lowest BCUT2D eigenvalue weighted by molar-refractivity contribution is -0.120. The topological polar surface area (TPSA) is 29.1 Å². The Morgan fingerprint density at radius 1 is 1.17 bits per heavy atom. The second kappa shape index (κ2) is 9.70. The zero-order valence-corrected chi connectivity index (χ0v) is 15.2. The first-order chi connectivity index (χ1) is 11.6. The highest BCUT2D eigenvalue weighted by Crippen LogP contribution is 2.26. The maximum absolute atomic E-state index is 12.8. The molecule has 1 amide bonds. The van der Waals surface area contributed by atoms with E-state index in [0.717, 1.165) is 29.7 Å². The number of hydrogen-bond acceptors (Lipinski definition) is 2.